The summed E-state index contributed by atoms with van der Waals surface area (Å²) in [6.45, 7) is 10.1. The van der Waals surface area contributed by atoms with Crippen molar-refractivity contribution in [3.63, 3.8) is 0 Å². The van der Waals surface area contributed by atoms with Crippen LogP contribution in [0.25, 0.3) is 0 Å². The van der Waals surface area contributed by atoms with Crippen molar-refractivity contribution in [3.8, 4) is 6.57 Å². The molecule has 0 unspecified atom stereocenters. The molecule has 0 aromatic carbocycles. The van der Waals surface area contributed by atoms with Crippen molar-refractivity contribution in [1.29, 1.82) is 5.26 Å². The summed E-state index contributed by atoms with van der Waals surface area (Å²) >= 11 is 0. The van der Waals surface area contributed by atoms with Gasteiger partial charge in [0.1, 0.15) is 0 Å². The molecule has 60 valence electrons. The van der Waals surface area contributed by atoms with Crippen LogP contribution in [0.5, 0.6) is 0 Å². The maximum atomic E-state index is 6.50. The normalized spacial score (nSPS) is 16.1. The largest absolute Gasteiger partial charge is 0.306 e. The molecule has 2 heteroatoms. The van der Waals surface area contributed by atoms with Crippen LogP contribution < -0.4 is 0 Å². The molecule has 0 aliphatic carbocycles. The molecule has 0 bridgehead atoms. The van der Waals surface area contributed by atoms with Crippen LogP contribution in [-0.2, 0) is 0 Å². The second kappa shape index (κ2) is 11.3. The highest BCUT2D eigenvalue weighted by atomic mass is 15.1. The van der Waals surface area contributed by atoms with Crippen LogP contribution in [-0.4, -0.2) is 25.0 Å². The Morgan fingerprint density at radius 2 is 1.40 bits per heavy atom. The van der Waals surface area contributed by atoms with E-state index in [9.17, 15) is 0 Å². The van der Waals surface area contributed by atoms with Crippen molar-refractivity contribution in [2.45, 2.75) is 26.7 Å². The Morgan fingerprint density at radius 3 is 1.50 bits per heavy atom. The Bertz CT molecular complexity index is 62.9. The summed E-state index contributed by atoms with van der Waals surface area (Å²) in [5.74, 6) is 0. The first kappa shape index (κ1) is 12.2. The number of likely N-dealkylation sites (tertiary alicyclic amines) is 1. The molecule has 10 heavy (non-hydrogen) atoms. The van der Waals surface area contributed by atoms with Gasteiger partial charge in [-0.25, -0.2) is 5.26 Å². The number of hydrogen-bond acceptors (Lipinski definition) is 2. The van der Waals surface area contributed by atoms with Crippen LogP contribution in [0.15, 0.2) is 0 Å². The van der Waals surface area contributed by atoms with E-state index >= 15 is 0 Å². The van der Waals surface area contributed by atoms with Crippen molar-refractivity contribution >= 4 is 0 Å². The van der Waals surface area contributed by atoms with E-state index in [0.29, 0.717) is 0 Å². The summed E-state index contributed by atoms with van der Waals surface area (Å²) in [6.07, 6.45) is 2.83. The third-order valence-electron chi connectivity index (χ3n) is 1.33. The van der Waals surface area contributed by atoms with Gasteiger partial charge in [0.2, 0.25) is 0 Å². The molecule has 0 saturated carbocycles. The van der Waals surface area contributed by atoms with Crippen LogP contribution in [0.3, 0.4) is 0 Å². The fourth-order valence-electron chi connectivity index (χ4n) is 0.875. The minimum absolute atomic E-state index is 1.32. The number of nitrogens with zero attached hydrogens (tertiary/aromatic N) is 2. The van der Waals surface area contributed by atoms with Gasteiger partial charge < -0.3 is 4.90 Å². The van der Waals surface area contributed by atoms with Crippen LogP contribution in [0.4, 0.5) is 0 Å². The molecule has 2 nitrogen and oxygen atoms in total. The Morgan fingerprint density at radius 1 is 1.10 bits per heavy atom. The molecule has 0 atom stereocenters. The fourth-order valence-corrected chi connectivity index (χ4v) is 0.875. The lowest BCUT2D eigenvalue weighted by atomic mass is 10.4. The van der Waals surface area contributed by atoms with Crippen molar-refractivity contribution in [3.05, 3.63) is 0 Å². The molecule has 0 N–H and O–H groups in total. The SMILES string of the molecule is C#N.CC.CN1CCCC1. The molecule has 0 radical (unpaired) electrons. The van der Waals surface area contributed by atoms with E-state index in [4.69, 9.17) is 5.26 Å². The zero-order chi connectivity index (χ0) is 8.41. The first-order chi connectivity index (χ1) is 4.89. The quantitative estimate of drug-likeness (QED) is 0.516. The molecule has 0 aromatic rings. The molecule has 1 aliphatic heterocycles. The number of hydrogen-bond donors (Lipinski definition) is 0. The second-order valence-electron chi connectivity index (χ2n) is 2.01. The van der Waals surface area contributed by atoms with Crippen LogP contribution >= 0.6 is 0 Å². The third-order valence-corrected chi connectivity index (χ3v) is 1.33. The minimum atomic E-state index is 1.32. The van der Waals surface area contributed by atoms with Gasteiger partial charge >= 0.3 is 0 Å². The molecule has 0 aromatic heterocycles. The highest BCUT2D eigenvalue weighted by Gasteiger charge is 2.03. The Balaban J connectivity index is 0. The summed E-state index contributed by atoms with van der Waals surface area (Å²) in [5.41, 5.74) is 0. The average Bonchev–Trinajstić information content (AvgIpc) is 2.48. The van der Waals surface area contributed by atoms with Crippen molar-refractivity contribution < 1.29 is 0 Å². The Hall–Kier alpha value is -0.550. The maximum Gasteiger partial charge on any atom is 0.0462 e. The van der Waals surface area contributed by atoms with Crippen LogP contribution in [0, 0.1) is 11.8 Å². The predicted molar refractivity (Wildman–Crippen MR) is 44.7 cm³/mol. The molecule has 1 rings (SSSR count). The van der Waals surface area contributed by atoms with E-state index in [1.807, 2.05) is 13.8 Å². The number of rotatable bonds is 0. The van der Waals surface area contributed by atoms with Crippen LogP contribution in [0.2, 0.25) is 0 Å². The summed E-state index contributed by atoms with van der Waals surface area (Å²) in [4.78, 5) is 2.36. The lowest BCUT2D eigenvalue weighted by Gasteiger charge is -2.01. The van der Waals surface area contributed by atoms with Gasteiger partial charge in [-0.15, -0.1) is 0 Å². The molecule has 0 spiro atoms. The van der Waals surface area contributed by atoms with E-state index < -0.39 is 0 Å². The molecule has 1 saturated heterocycles. The lowest BCUT2D eigenvalue weighted by molar-refractivity contribution is 0.418. The Kier molecular flexibility index (Phi) is 13.7. The highest BCUT2D eigenvalue weighted by molar-refractivity contribution is 4.59. The maximum absolute atomic E-state index is 6.50. The first-order valence-electron chi connectivity index (χ1n) is 3.84. The van der Waals surface area contributed by atoms with E-state index in [-0.39, 0.29) is 0 Å². The molecule has 1 heterocycles. The van der Waals surface area contributed by atoms with Gasteiger partial charge in [-0.3, -0.25) is 0 Å². The van der Waals surface area contributed by atoms with Gasteiger partial charge in [0, 0.05) is 6.57 Å². The molecule has 1 aliphatic rings. The van der Waals surface area contributed by atoms with E-state index in [1.54, 1.807) is 0 Å². The highest BCUT2D eigenvalue weighted by Crippen LogP contribution is 2.01. The predicted octanol–water partition coefficient (Wildman–Crippen LogP) is 1.88. The van der Waals surface area contributed by atoms with Crippen LogP contribution in [0.1, 0.15) is 26.7 Å². The van der Waals surface area contributed by atoms with Gasteiger partial charge in [-0.2, -0.15) is 0 Å². The van der Waals surface area contributed by atoms with E-state index in [2.05, 4.69) is 18.5 Å². The van der Waals surface area contributed by atoms with Crippen molar-refractivity contribution in [1.82, 2.24) is 4.90 Å². The lowest BCUT2D eigenvalue weighted by Crippen LogP contribution is -2.10. The fraction of sp³-hybridized carbons (Fsp3) is 0.875. The number of nitriles is 1. The zero-order valence-electron chi connectivity index (χ0n) is 7.30. The molecular weight excluding hydrogens is 124 g/mol. The summed E-state index contributed by atoms with van der Waals surface area (Å²) < 4.78 is 0. The zero-order valence-corrected chi connectivity index (χ0v) is 7.30. The average molecular weight is 142 g/mol. The monoisotopic (exact) mass is 142 g/mol. The topological polar surface area (TPSA) is 27.0 Å². The Labute approximate surface area is 64.5 Å². The van der Waals surface area contributed by atoms with Gasteiger partial charge in [0.15, 0.2) is 0 Å². The van der Waals surface area contributed by atoms with E-state index in [0.717, 1.165) is 0 Å². The molecule has 1 fully saturated rings. The summed E-state index contributed by atoms with van der Waals surface area (Å²) in [5, 5.41) is 6.50. The summed E-state index contributed by atoms with van der Waals surface area (Å²) in [6, 6.07) is 0. The summed E-state index contributed by atoms with van der Waals surface area (Å²) in [7, 11) is 2.17. The van der Waals surface area contributed by atoms with Gasteiger partial charge in [0.25, 0.3) is 0 Å². The van der Waals surface area contributed by atoms with Gasteiger partial charge in [-0.1, -0.05) is 13.8 Å². The van der Waals surface area contributed by atoms with Gasteiger partial charge in [0.05, 0.1) is 0 Å². The standard InChI is InChI=1S/C5H11N.C2H6.CHN/c1-6-4-2-3-5-6;2*1-2/h2-5H2,1H3;1-2H3;1H. The smallest absolute Gasteiger partial charge is 0.0462 e. The van der Waals surface area contributed by atoms with E-state index in [1.165, 1.54) is 25.9 Å². The van der Waals surface area contributed by atoms with Crippen molar-refractivity contribution in [2.24, 2.45) is 0 Å². The first-order valence-corrected chi connectivity index (χ1v) is 3.84. The van der Waals surface area contributed by atoms with Gasteiger partial charge in [-0.05, 0) is 33.0 Å². The third kappa shape index (κ3) is 7.45. The second-order valence-corrected chi connectivity index (χ2v) is 2.01. The van der Waals surface area contributed by atoms with Crippen molar-refractivity contribution in [2.75, 3.05) is 20.1 Å². The molecule has 0 amide bonds. The minimum Gasteiger partial charge on any atom is -0.306 e. The molecular formula is C8H18N2.